The first-order valence-corrected chi connectivity index (χ1v) is 8.01. The van der Waals surface area contributed by atoms with E-state index in [1.807, 2.05) is 43.3 Å². The second-order valence-electron chi connectivity index (χ2n) is 5.81. The zero-order valence-corrected chi connectivity index (χ0v) is 13.6. The Morgan fingerprint density at radius 2 is 1.96 bits per heavy atom. The largest absolute Gasteiger partial charge is 0.449 e. The van der Waals surface area contributed by atoms with Gasteiger partial charge >= 0.3 is 0 Å². The van der Waals surface area contributed by atoms with Crippen LogP contribution in [0.2, 0.25) is 0 Å². The summed E-state index contributed by atoms with van der Waals surface area (Å²) in [7, 11) is 0. The van der Waals surface area contributed by atoms with Crippen LogP contribution in [0.4, 0.5) is 5.69 Å². The molecule has 5 heteroatoms. The quantitative estimate of drug-likeness (QED) is 0.460. The number of hydrogen-bond donors (Lipinski definition) is 3. The number of amides is 1. The van der Waals surface area contributed by atoms with Gasteiger partial charge in [0, 0.05) is 11.9 Å². The summed E-state index contributed by atoms with van der Waals surface area (Å²) in [4.78, 5) is 11.6. The first-order valence-electron chi connectivity index (χ1n) is 8.01. The van der Waals surface area contributed by atoms with Crippen LogP contribution in [0.1, 0.15) is 28.1 Å². The number of benzene rings is 2. The number of nitrogens with two attached hydrogens (primary N) is 1. The van der Waals surface area contributed by atoms with Crippen LogP contribution in [-0.4, -0.2) is 12.5 Å². The molecule has 0 saturated heterocycles. The smallest absolute Gasteiger partial charge is 0.286 e. The summed E-state index contributed by atoms with van der Waals surface area (Å²) in [5, 5.41) is 0.838. The Labute approximate surface area is 140 Å². The van der Waals surface area contributed by atoms with Crippen molar-refractivity contribution in [3.05, 3.63) is 65.4 Å². The molecule has 0 fully saturated rings. The highest BCUT2D eigenvalue weighted by Gasteiger charge is 2.18. The molecule has 2 aromatic carbocycles. The SMILES string of the molecule is Cc1ccc2c(NNCCCc3ccccc3)c(C(N)=O)oc2c1. The van der Waals surface area contributed by atoms with Gasteiger partial charge in [0.25, 0.3) is 5.91 Å². The number of furan rings is 1. The maximum Gasteiger partial charge on any atom is 0.286 e. The Kier molecular flexibility index (Phi) is 4.82. The first kappa shape index (κ1) is 16.1. The maximum absolute atomic E-state index is 11.6. The molecule has 0 spiro atoms. The molecule has 24 heavy (non-hydrogen) atoms. The summed E-state index contributed by atoms with van der Waals surface area (Å²) in [5.41, 5.74) is 15.3. The number of hydrazine groups is 1. The lowest BCUT2D eigenvalue weighted by Gasteiger charge is -2.08. The van der Waals surface area contributed by atoms with Crippen molar-refractivity contribution in [1.82, 2.24) is 5.43 Å². The lowest BCUT2D eigenvalue weighted by molar-refractivity contribution is 0.0977. The molecule has 0 aliphatic carbocycles. The van der Waals surface area contributed by atoms with Crippen LogP contribution in [-0.2, 0) is 6.42 Å². The Balaban J connectivity index is 1.64. The molecule has 1 aromatic heterocycles. The Bertz CT molecular complexity index is 840. The first-order chi connectivity index (χ1) is 11.6. The van der Waals surface area contributed by atoms with Crippen LogP contribution in [0.25, 0.3) is 11.0 Å². The molecular weight excluding hydrogens is 302 g/mol. The predicted octanol–water partition coefficient (Wildman–Crippen LogP) is 3.39. The third kappa shape index (κ3) is 3.58. The molecule has 0 aliphatic heterocycles. The van der Waals surface area contributed by atoms with Crippen molar-refractivity contribution in [2.75, 3.05) is 12.0 Å². The van der Waals surface area contributed by atoms with Gasteiger partial charge in [0.1, 0.15) is 11.3 Å². The van der Waals surface area contributed by atoms with Gasteiger partial charge in [0.05, 0.1) is 0 Å². The summed E-state index contributed by atoms with van der Waals surface area (Å²) in [6.07, 6.45) is 1.96. The van der Waals surface area contributed by atoms with Gasteiger partial charge in [-0.05, 0) is 43.0 Å². The van der Waals surface area contributed by atoms with Crippen molar-refractivity contribution >= 4 is 22.6 Å². The Morgan fingerprint density at radius 1 is 1.17 bits per heavy atom. The van der Waals surface area contributed by atoms with E-state index in [0.29, 0.717) is 11.3 Å². The van der Waals surface area contributed by atoms with Gasteiger partial charge in [0.2, 0.25) is 5.76 Å². The van der Waals surface area contributed by atoms with E-state index in [4.69, 9.17) is 10.2 Å². The zero-order chi connectivity index (χ0) is 16.9. The molecule has 0 atom stereocenters. The number of carbonyl (C=O) groups is 1. The molecule has 1 amide bonds. The van der Waals surface area contributed by atoms with Crippen LogP contribution in [0.3, 0.4) is 0 Å². The Hall–Kier alpha value is -2.79. The van der Waals surface area contributed by atoms with E-state index >= 15 is 0 Å². The topological polar surface area (TPSA) is 80.3 Å². The molecule has 0 saturated carbocycles. The lowest BCUT2D eigenvalue weighted by Crippen LogP contribution is -2.25. The molecule has 1 heterocycles. The Morgan fingerprint density at radius 3 is 2.71 bits per heavy atom. The number of hydrogen-bond acceptors (Lipinski definition) is 4. The van der Waals surface area contributed by atoms with Crippen molar-refractivity contribution in [2.45, 2.75) is 19.8 Å². The third-order valence-corrected chi connectivity index (χ3v) is 3.89. The molecule has 3 aromatic rings. The normalized spacial score (nSPS) is 10.9. The van der Waals surface area contributed by atoms with E-state index in [2.05, 4.69) is 23.0 Å². The zero-order valence-electron chi connectivity index (χ0n) is 13.6. The van der Waals surface area contributed by atoms with E-state index in [1.54, 1.807) is 0 Å². The summed E-state index contributed by atoms with van der Waals surface area (Å²) in [6.45, 7) is 2.73. The van der Waals surface area contributed by atoms with Crippen molar-refractivity contribution in [3.63, 3.8) is 0 Å². The minimum atomic E-state index is -0.586. The molecule has 124 valence electrons. The van der Waals surface area contributed by atoms with Gasteiger partial charge in [-0.15, -0.1) is 0 Å². The predicted molar refractivity (Wildman–Crippen MR) is 95.9 cm³/mol. The summed E-state index contributed by atoms with van der Waals surface area (Å²) in [6, 6.07) is 16.1. The third-order valence-electron chi connectivity index (χ3n) is 3.89. The highest BCUT2D eigenvalue weighted by Crippen LogP contribution is 2.30. The summed E-state index contributed by atoms with van der Waals surface area (Å²) < 4.78 is 5.59. The monoisotopic (exact) mass is 323 g/mol. The van der Waals surface area contributed by atoms with Crippen LogP contribution >= 0.6 is 0 Å². The van der Waals surface area contributed by atoms with Crippen molar-refractivity contribution < 1.29 is 9.21 Å². The van der Waals surface area contributed by atoms with Crippen LogP contribution in [0.15, 0.2) is 52.9 Å². The standard InChI is InChI=1S/C19H21N3O2/c1-13-9-10-15-16(12-13)24-18(19(20)23)17(15)22-21-11-5-8-14-6-3-2-4-7-14/h2-4,6-7,9-10,12,21-22H,5,8,11H2,1H3,(H2,20,23). The van der Waals surface area contributed by atoms with Gasteiger partial charge in [-0.25, -0.2) is 5.43 Å². The van der Waals surface area contributed by atoms with Gasteiger partial charge < -0.3 is 15.6 Å². The molecule has 4 N–H and O–H groups in total. The number of nitrogens with one attached hydrogen (secondary N) is 2. The number of anilines is 1. The fourth-order valence-corrected chi connectivity index (χ4v) is 2.68. The number of fused-ring (bicyclic) bond motifs is 1. The fraction of sp³-hybridized carbons (Fsp3) is 0.211. The van der Waals surface area contributed by atoms with Crippen molar-refractivity contribution in [3.8, 4) is 0 Å². The minimum Gasteiger partial charge on any atom is -0.449 e. The number of carbonyl (C=O) groups excluding carboxylic acids is 1. The molecular formula is C19H21N3O2. The van der Waals surface area contributed by atoms with E-state index in [9.17, 15) is 4.79 Å². The average Bonchev–Trinajstić information content (AvgIpc) is 2.93. The van der Waals surface area contributed by atoms with Crippen molar-refractivity contribution in [2.24, 2.45) is 5.73 Å². The second-order valence-corrected chi connectivity index (χ2v) is 5.81. The number of rotatable bonds is 7. The van der Waals surface area contributed by atoms with E-state index in [1.165, 1.54) is 5.56 Å². The van der Waals surface area contributed by atoms with E-state index < -0.39 is 5.91 Å². The van der Waals surface area contributed by atoms with Gasteiger partial charge in [0.15, 0.2) is 0 Å². The van der Waals surface area contributed by atoms with Crippen LogP contribution < -0.4 is 16.6 Å². The second kappa shape index (κ2) is 7.19. The molecule has 0 radical (unpaired) electrons. The molecule has 5 nitrogen and oxygen atoms in total. The summed E-state index contributed by atoms with van der Waals surface area (Å²) >= 11 is 0. The van der Waals surface area contributed by atoms with Gasteiger partial charge in [-0.3, -0.25) is 4.79 Å². The molecule has 0 unspecified atom stereocenters. The highest BCUT2D eigenvalue weighted by atomic mass is 16.3. The molecule has 0 aliphatic rings. The van der Waals surface area contributed by atoms with E-state index in [0.717, 1.165) is 30.3 Å². The van der Waals surface area contributed by atoms with Crippen molar-refractivity contribution in [1.29, 1.82) is 0 Å². The lowest BCUT2D eigenvalue weighted by atomic mass is 10.1. The maximum atomic E-state index is 11.6. The molecule has 0 bridgehead atoms. The fourth-order valence-electron chi connectivity index (χ4n) is 2.68. The minimum absolute atomic E-state index is 0.145. The average molecular weight is 323 g/mol. The van der Waals surface area contributed by atoms with Crippen LogP contribution in [0.5, 0.6) is 0 Å². The number of primary amides is 1. The van der Waals surface area contributed by atoms with E-state index in [-0.39, 0.29) is 5.76 Å². The van der Waals surface area contributed by atoms with Gasteiger partial charge in [-0.2, -0.15) is 0 Å². The van der Waals surface area contributed by atoms with Crippen LogP contribution in [0, 0.1) is 6.92 Å². The summed E-state index contributed by atoms with van der Waals surface area (Å²) in [5.74, 6) is -0.441. The highest BCUT2D eigenvalue weighted by molar-refractivity contribution is 6.05. The number of aryl methyl sites for hydroxylation is 2. The van der Waals surface area contributed by atoms with Gasteiger partial charge in [-0.1, -0.05) is 36.4 Å². The molecule has 3 rings (SSSR count).